The molecule has 0 saturated carbocycles. The maximum absolute atomic E-state index is 12.6. The van der Waals surface area contributed by atoms with Crippen molar-refractivity contribution in [1.82, 2.24) is 4.31 Å². The van der Waals surface area contributed by atoms with Gasteiger partial charge < -0.3 is 5.32 Å². The molecule has 0 fully saturated rings. The fraction of sp³-hybridized carbons (Fsp3) is 0.571. The van der Waals surface area contributed by atoms with Crippen LogP contribution >= 0.6 is 0 Å². The number of anilines is 1. The van der Waals surface area contributed by atoms with E-state index in [2.05, 4.69) is 5.32 Å². The Kier molecular flexibility index (Phi) is 4.98. The van der Waals surface area contributed by atoms with Gasteiger partial charge in [0.15, 0.2) is 0 Å². The minimum absolute atomic E-state index is 0.303. The summed E-state index contributed by atoms with van der Waals surface area (Å²) >= 11 is 0. The molecule has 0 aliphatic rings. The molecule has 4 nitrogen and oxygen atoms in total. The van der Waals surface area contributed by atoms with E-state index in [9.17, 15) is 8.42 Å². The zero-order valence-electron chi connectivity index (χ0n) is 12.6. The van der Waals surface area contributed by atoms with Gasteiger partial charge in [0.05, 0.1) is 4.90 Å². The summed E-state index contributed by atoms with van der Waals surface area (Å²) in [5.74, 6) is 0.303. The van der Waals surface area contributed by atoms with Crippen molar-refractivity contribution in [2.75, 3.05) is 26.0 Å². The SMILES string of the molecule is CNc1cc(C)c(S(=O)(=O)N(C)CC(C)C)c(C)c1. The van der Waals surface area contributed by atoms with Gasteiger partial charge in [0, 0.05) is 26.3 Å². The van der Waals surface area contributed by atoms with Crippen molar-refractivity contribution in [3.05, 3.63) is 23.3 Å². The molecule has 0 aromatic heterocycles. The first-order chi connectivity index (χ1) is 8.70. The number of nitrogens with zero attached hydrogens (tertiary/aromatic N) is 1. The van der Waals surface area contributed by atoms with Crippen LogP contribution in [0.5, 0.6) is 0 Å². The molecule has 0 radical (unpaired) electrons. The molecule has 1 N–H and O–H groups in total. The Morgan fingerprint density at radius 3 is 2.05 bits per heavy atom. The van der Waals surface area contributed by atoms with E-state index in [1.807, 2.05) is 46.9 Å². The highest BCUT2D eigenvalue weighted by molar-refractivity contribution is 7.89. The lowest BCUT2D eigenvalue weighted by Gasteiger charge is -2.22. The van der Waals surface area contributed by atoms with Crippen molar-refractivity contribution in [3.8, 4) is 0 Å². The Bertz CT molecular complexity index is 528. The lowest BCUT2D eigenvalue weighted by molar-refractivity contribution is 0.416. The zero-order valence-corrected chi connectivity index (χ0v) is 13.4. The van der Waals surface area contributed by atoms with Gasteiger partial charge in [-0.05, 0) is 43.0 Å². The number of benzene rings is 1. The van der Waals surface area contributed by atoms with Crippen LogP contribution in [-0.2, 0) is 10.0 Å². The number of aryl methyl sites for hydroxylation is 2. The number of rotatable bonds is 5. The van der Waals surface area contributed by atoms with Gasteiger partial charge in [-0.3, -0.25) is 0 Å². The summed E-state index contributed by atoms with van der Waals surface area (Å²) in [6.07, 6.45) is 0. The lowest BCUT2D eigenvalue weighted by Crippen LogP contribution is -2.31. The minimum atomic E-state index is -3.41. The molecular weight excluding hydrogens is 260 g/mol. The third kappa shape index (κ3) is 3.48. The molecule has 0 amide bonds. The molecule has 0 bridgehead atoms. The van der Waals surface area contributed by atoms with E-state index in [1.54, 1.807) is 7.05 Å². The summed E-state index contributed by atoms with van der Waals surface area (Å²) in [4.78, 5) is 0.426. The Balaban J connectivity index is 3.29. The average molecular weight is 284 g/mol. The van der Waals surface area contributed by atoms with Crippen LogP contribution in [0.3, 0.4) is 0 Å². The van der Waals surface area contributed by atoms with Crippen LogP contribution in [0.4, 0.5) is 5.69 Å². The van der Waals surface area contributed by atoms with Crippen molar-refractivity contribution < 1.29 is 8.42 Å². The molecule has 0 aliphatic carbocycles. The Morgan fingerprint density at radius 1 is 1.21 bits per heavy atom. The smallest absolute Gasteiger partial charge is 0.243 e. The van der Waals surface area contributed by atoms with Gasteiger partial charge in [0.2, 0.25) is 10.0 Å². The van der Waals surface area contributed by atoms with Gasteiger partial charge >= 0.3 is 0 Å². The second-order valence-electron chi connectivity index (χ2n) is 5.37. The Morgan fingerprint density at radius 2 is 1.68 bits per heavy atom. The number of hydrogen-bond donors (Lipinski definition) is 1. The van der Waals surface area contributed by atoms with Crippen LogP contribution in [-0.4, -0.2) is 33.4 Å². The van der Waals surface area contributed by atoms with Gasteiger partial charge in [0.25, 0.3) is 0 Å². The Labute approximate surface area is 116 Å². The highest BCUT2D eigenvalue weighted by atomic mass is 32.2. The second kappa shape index (κ2) is 5.92. The first-order valence-corrected chi connectivity index (χ1v) is 7.89. The van der Waals surface area contributed by atoms with Gasteiger partial charge in [-0.15, -0.1) is 0 Å². The van der Waals surface area contributed by atoms with Crippen LogP contribution in [0.1, 0.15) is 25.0 Å². The molecule has 0 aliphatic heterocycles. The van der Waals surface area contributed by atoms with E-state index < -0.39 is 10.0 Å². The van der Waals surface area contributed by atoms with Crippen molar-refractivity contribution in [1.29, 1.82) is 0 Å². The molecular formula is C14H24N2O2S. The summed E-state index contributed by atoms with van der Waals surface area (Å²) in [6.45, 7) is 8.22. The second-order valence-corrected chi connectivity index (χ2v) is 7.35. The molecule has 1 aromatic rings. The maximum Gasteiger partial charge on any atom is 0.243 e. The normalized spacial score (nSPS) is 12.2. The number of sulfonamides is 1. The van der Waals surface area contributed by atoms with E-state index in [1.165, 1.54) is 4.31 Å². The summed E-state index contributed by atoms with van der Waals surface area (Å²) in [5.41, 5.74) is 2.49. The van der Waals surface area contributed by atoms with E-state index in [4.69, 9.17) is 0 Å². The number of nitrogens with one attached hydrogen (secondary N) is 1. The molecule has 0 spiro atoms. The summed E-state index contributed by atoms with van der Waals surface area (Å²) in [6, 6.07) is 3.73. The fourth-order valence-electron chi connectivity index (χ4n) is 2.27. The molecule has 0 saturated heterocycles. The van der Waals surface area contributed by atoms with Gasteiger partial charge in [-0.25, -0.2) is 12.7 Å². The van der Waals surface area contributed by atoms with Gasteiger partial charge in [0.1, 0.15) is 0 Å². The zero-order chi connectivity index (χ0) is 14.8. The monoisotopic (exact) mass is 284 g/mol. The predicted octanol–water partition coefficient (Wildman–Crippen LogP) is 2.62. The van der Waals surface area contributed by atoms with Crippen molar-refractivity contribution in [3.63, 3.8) is 0 Å². The molecule has 1 rings (SSSR count). The third-order valence-corrected chi connectivity index (χ3v) is 5.17. The van der Waals surface area contributed by atoms with E-state index in [0.29, 0.717) is 17.4 Å². The van der Waals surface area contributed by atoms with Gasteiger partial charge in [-0.1, -0.05) is 13.8 Å². The van der Waals surface area contributed by atoms with E-state index in [0.717, 1.165) is 16.8 Å². The molecule has 5 heteroatoms. The standard InChI is InChI=1S/C14H24N2O2S/c1-10(2)9-16(6)19(17,18)14-11(3)7-13(15-5)8-12(14)4/h7-8,10,15H,9H2,1-6H3. The fourth-order valence-corrected chi connectivity index (χ4v) is 4.01. The topological polar surface area (TPSA) is 49.4 Å². The summed E-state index contributed by atoms with van der Waals surface area (Å²) < 4.78 is 26.7. The van der Waals surface area contributed by atoms with Crippen molar-refractivity contribution >= 4 is 15.7 Å². The Hall–Kier alpha value is -1.07. The van der Waals surface area contributed by atoms with Crippen LogP contribution in [0.25, 0.3) is 0 Å². The molecule has 108 valence electrons. The highest BCUT2D eigenvalue weighted by Gasteiger charge is 2.25. The first-order valence-electron chi connectivity index (χ1n) is 6.45. The third-order valence-electron chi connectivity index (χ3n) is 3.04. The minimum Gasteiger partial charge on any atom is -0.388 e. The van der Waals surface area contributed by atoms with Crippen molar-refractivity contribution in [2.45, 2.75) is 32.6 Å². The highest BCUT2D eigenvalue weighted by Crippen LogP contribution is 2.26. The van der Waals surface area contributed by atoms with Crippen LogP contribution in [0.2, 0.25) is 0 Å². The summed E-state index contributed by atoms with van der Waals surface area (Å²) in [5, 5.41) is 3.04. The van der Waals surface area contributed by atoms with E-state index >= 15 is 0 Å². The maximum atomic E-state index is 12.6. The molecule has 0 heterocycles. The molecule has 0 atom stereocenters. The van der Waals surface area contributed by atoms with Crippen LogP contribution < -0.4 is 5.32 Å². The van der Waals surface area contributed by atoms with E-state index in [-0.39, 0.29) is 0 Å². The lowest BCUT2D eigenvalue weighted by atomic mass is 10.1. The largest absolute Gasteiger partial charge is 0.388 e. The van der Waals surface area contributed by atoms with Crippen LogP contribution in [0, 0.1) is 19.8 Å². The van der Waals surface area contributed by atoms with Gasteiger partial charge in [-0.2, -0.15) is 0 Å². The quantitative estimate of drug-likeness (QED) is 0.904. The van der Waals surface area contributed by atoms with Crippen molar-refractivity contribution in [2.24, 2.45) is 5.92 Å². The predicted molar refractivity (Wildman–Crippen MR) is 80.1 cm³/mol. The van der Waals surface area contributed by atoms with Crippen LogP contribution in [0.15, 0.2) is 17.0 Å². The first kappa shape index (κ1) is 16.0. The molecule has 1 aromatic carbocycles. The average Bonchev–Trinajstić information content (AvgIpc) is 2.26. The summed E-state index contributed by atoms with van der Waals surface area (Å²) in [7, 11) is 0.0509. The number of hydrogen-bond acceptors (Lipinski definition) is 3. The molecule has 0 unspecified atom stereocenters. The molecule has 19 heavy (non-hydrogen) atoms.